The van der Waals surface area contributed by atoms with E-state index in [0.29, 0.717) is 0 Å². The highest BCUT2D eigenvalue weighted by atomic mass is 16.2. The van der Waals surface area contributed by atoms with E-state index in [2.05, 4.69) is 15.3 Å². The molecule has 1 aliphatic rings. The zero-order chi connectivity index (χ0) is 13.1. The van der Waals surface area contributed by atoms with Gasteiger partial charge in [0.25, 0.3) is 0 Å². The van der Waals surface area contributed by atoms with Crippen molar-refractivity contribution in [3.8, 4) is 0 Å². The molecule has 0 spiro atoms. The van der Waals surface area contributed by atoms with Gasteiger partial charge in [-0.2, -0.15) is 5.10 Å². The molecule has 0 aromatic carbocycles. The van der Waals surface area contributed by atoms with Gasteiger partial charge in [0, 0.05) is 12.1 Å². The first kappa shape index (κ1) is 13.1. The van der Waals surface area contributed by atoms with Crippen molar-refractivity contribution in [3.63, 3.8) is 0 Å². The Morgan fingerprint density at radius 1 is 1.50 bits per heavy atom. The van der Waals surface area contributed by atoms with E-state index in [1.165, 1.54) is 12.8 Å². The summed E-state index contributed by atoms with van der Waals surface area (Å²) < 4.78 is 1.82. The van der Waals surface area contributed by atoms with Gasteiger partial charge in [-0.25, -0.2) is 4.68 Å². The minimum atomic E-state index is -0.0629. The highest BCUT2D eigenvalue weighted by Gasteiger charge is 2.24. The third-order valence-corrected chi connectivity index (χ3v) is 3.63. The Balaban J connectivity index is 2.03. The topological polar surface area (TPSA) is 50.2 Å². The molecule has 1 amide bonds. The third kappa shape index (κ3) is 2.56. The van der Waals surface area contributed by atoms with Crippen LogP contribution in [0.5, 0.6) is 0 Å². The molecule has 0 bridgehead atoms. The van der Waals surface area contributed by atoms with Crippen molar-refractivity contribution >= 4 is 11.7 Å². The van der Waals surface area contributed by atoms with E-state index in [4.69, 9.17) is 0 Å². The molecule has 0 aliphatic carbocycles. The fourth-order valence-corrected chi connectivity index (χ4v) is 2.40. The molecular weight excluding hydrogens is 228 g/mol. The summed E-state index contributed by atoms with van der Waals surface area (Å²) in [6.07, 6.45) is 4.19. The van der Waals surface area contributed by atoms with Crippen LogP contribution in [0.25, 0.3) is 0 Å². The SMILES string of the molecule is CCn1ncc(C)c1NC(=O)[C@H](C)N1CCCC1. The molecule has 1 saturated heterocycles. The average molecular weight is 250 g/mol. The summed E-state index contributed by atoms with van der Waals surface area (Å²) in [5.41, 5.74) is 1.01. The van der Waals surface area contributed by atoms with Crippen LogP contribution in [0.4, 0.5) is 5.82 Å². The molecule has 2 rings (SSSR count). The summed E-state index contributed by atoms with van der Waals surface area (Å²) in [5, 5.41) is 7.24. The molecule has 1 atom stereocenters. The molecule has 0 unspecified atom stereocenters. The molecule has 5 heteroatoms. The van der Waals surface area contributed by atoms with Gasteiger partial charge in [-0.15, -0.1) is 0 Å². The number of likely N-dealkylation sites (tertiary alicyclic amines) is 1. The van der Waals surface area contributed by atoms with Crippen LogP contribution in [-0.4, -0.2) is 39.7 Å². The molecular formula is C13H22N4O. The number of anilines is 1. The number of carbonyl (C=O) groups excluding carboxylic acids is 1. The van der Waals surface area contributed by atoms with E-state index in [-0.39, 0.29) is 11.9 Å². The van der Waals surface area contributed by atoms with Crippen LogP contribution >= 0.6 is 0 Å². The number of hydrogen-bond donors (Lipinski definition) is 1. The smallest absolute Gasteiger partial charge is 0.242 e. The van der Waals surface area contributed by atoms with Crippen LogP contribution in [0.2, 0.25) is 0 Å². The largest absolute Gasteiger partial charge is 0.309 e. The Labute approximate surface area is 108 Å². The molecule has 1 aliphatic heterocycles. The van der Waals surface area contributed by atoms with Crippen LogP contribution in [0.3, 0.4) is 0 Å². The normalized spacial score (nSPS) is 17.9. The summed E-state index contributed by atoms with van der Waals surface area (Å²) in [6.45, 7) is 8.78. The zero-order valence-electron chi connectivity index (χ0n) is 11.4. The maximum Gasteiger partial charge on any atom is 0.242 e. The third-order valence-electron chi connectivity index (χ3n) is 3.63. The van der Waals surface area contributed by atoms with Crippen LogP contribution in [-0.2, 0) is 11.3 Å². The summed E-state index contributed by atoms with van der Waals surface area (Å²) in [7, 11) is 0. The van der Waals surface area contributed by atoms with E-state index < -0.39 is 0 Å². The first-order chi connectivity index (χ1) is 8.63. The van der Waals surface area contributed by atoms with Crippen molar-refractivity contribution in [2.75, 3.05) is 18.4 Å². The predicted molar refractivity (Wildman–Crippen MR) is 71.5 cm³/mol. The Kier molecular flexibility index (Phi) is 4.01. The van der Waals surface area contributed by atoms with Crippen molar-refractivity contribution in [1.82, 2.24) is 14.7 Å². The van der Waals surface area contributed by atoms with Crippen LogP contribution in [0.1, 0.15) is 32.3 Å². The molecule has 1 aromatic heterocycles. The van der Waals surface area contributed by atoms with Gasteiger partial charge in [0.1, 0.15) is 5.82 Å². The van der Waals surface area contributed by atoms with E-state index in [9.17, 15) is 4.79 Å². The number of nitrogens with one attached hydrogen (secondary N) is 1. The molecule has 1 N–H and O–H groups in total. The lowest BCUT2D eigenvalue weighted by atomic mass is 10.2. The highest BCUT2D eigenvalue weighted by molar-refractivity contribution is 5.94. The number of aromatic nitrogens is 2. The minimum Gasteiger partial charge on any atom is -0.309 e. The van der Waals surface area contributed by atoms with Gasteiger partial charge in [-0.05, 0) is 46.7 Å². The molecule has 1 fully saturated rings. The van der Waals surface area contributed by atoms with Gasteiger partial charge in [-0.1, -0.05) is 0 Å². The first-order valence-corrected chi connectivity index (χ1v) is 6.70. The van der Waals surface area contributed by atoms with Crippen LogP contribution in [0, 0.1) is 6.92 Å². The van der Waals surface area contributed by atoms with Gasteiger partial charge in [0.05, 0.1) is 12.2 Å². The number of hydrogen-bond acceptors (Lipinski definition) is 3. The molecule has 100 valence electrons. The average Bonchev–Trinajstić information content (AvgIpc) is 2.99. The Bertz CT molecular complexity index is 421. The summed E-state index contributed by atoms with van der Waals surface area (Å²) in [6, 6.07) is -0.0629. The number of nitrogens with zero attached hydrogens (tertiary/aromatic N) is 3. The lowest BCUT2D eigenvalue weighted by Crippen LogP contribution is -2.40. The van der Waals surface area contributed by atoms with Crippen molar-refractivity contribution in [1.29, 1.82) is 0 Å². The van der Waals surface area contributed by atoms with E-state index in [0.717, 1.165) is 31.0 Å². The second-order valence-corrected chi connectivity index (χ2v) is 4.90. The second kappa shape index (κ2) is 5.52. The Morgan fingerprint density at radius 3 is 2.78 bits per heavy atom. The lowest BCUT2D eigenvalue weighted by molar-refractivity contribution is -0.120. The highest BCUT2D eigenvalue weighted by Crippen LogP contribution is 2.16. The minimum absolute atomic E-state index is 0.0629. The van der Waals surface area contributed by atoms with Gasteiger partial charge in [-0.3, -0.25) is 9.69 Å². The van der Waals surface area contributed by atoms with Crippen molar-refractivity contribution < 1.29 is 4.79 Å². The molecule has 0 radical (unpaired) electrons. The maximum absolute atomic E-state index is 12.2. The van der Waals surface area contributed by atoms with Crippen molar-refractivity contribution in [3.05, 3.63) is 11.8 Å². The molecule has 2 heterocycles. The van der Waals surface area contributed by atoms with Gasteiger partial charge < -0.3 is 5.32 Å². The Hall–Kier alpha value is -1.36. The number of amides is 1. The molecule has 5 nitrogen and oxygen atoms in total. The first-order valence-electron chi connectivity index (χ1n) is 6.70. The molecule has 18 heavy (non-hydrogen) atoms. The van der Waals surface area contributed by atoms with Crippen molar-refractivity contribution in [2.45, 2.75) is 46.2 Å². The zero-order valence-corrected chi connectivity index (χ0v) is 11.4. The van der Waals surface area contributed by atoms with Gasteiger partial charge in [0.15, 0.2) is 0 Å². The number of rotatable bonds is 4. The van der Waals surface area contributed by atoms with Crippen LogP contribution < -0.4 is 5.32 Å². The summed E-state index contributed by atoms with van der Waals surface area (Å²) in [4.78, 5) is 14.5. The van der Waals surface area contributed by atoms with E-state index in [1.807, 2.05) is 25.5 Å². The predicted octanol–water partition coefficient (Wildman–Crippen LogP) is 1.63. The summed E-state index contributed by atoms with van der Waals surface area (Å²) >= 11 is 0. The number of carbonyl (C=O) groups is 1. The fourth-order valence-electron chi connectivity index (χ4n) is 2.40. The van der Waals surface area contributed by atoms with E-state index >= 15 is 0 Å². The number of aryl methyl sites for hydroxylation is 2. The molecule has 0 saturated carbocycles. The van der Waals surface area contributed by atoms with Crippen molar-refractivity contribution in [2.24, 2.45) is 0 Å². The second-order valence-electron chi connectivity index (χ2n) is 4.90. The fraction of sp³-hybridized carbons (Fsp3) is 0.692. The van der Waals surface area contributed by atoms with Gasteiger partial charge >= 0.3 is 0 Å². The monoisotopic (exact) mass is 250 g/mol. The van der Waals surface area contributed by atoms with Crippen LogP contribution in [0.15, 0.2) is 6.20 Å². The maximum atomic E-state index is 12.2. The summed E-state index contributed by atoms with van der Waals surface area (Å²) in [5.74, 6) is 0.892. The van der Waals surface area contributed by atoms with E-state index in [1.54, 1.807) is 6.20 Å². The van der Waals surface area contributed by atoms with Gasteiger partial charge in [0.2, 0.25) is 5.91 Å². The standard InChI is InChI=1S/C13H22N4O/c1-4-17-12(10(2)9-14-17)15-13(18)11(3)16-7-5-6-8-16/h9,11H,4-8H2,1-3H3,(H,15,18)/t11-/m0/s1. The molecule has 1 aromatic rings. The quantitative estimate of drug-likeness (QED) is 0.883. The Morgan fingerprint density at radius 2 is 2.17 bits per heavy atom. The lowest BCUT2D eigenvalue weighted by Gasteiger charge is -2.23.